The fourth-order valence-corrected chi connectivity index (χ4v) is 4.19. The molecular formula is C26H29N7O3. The molecule has 1 fully saturated rings. The number of piperidine rings is 1. The topological polar surface area (TPSA) is 121 Å². The highest BCUT2D eigenvalue weighted by Gasteiger charge is 2.17. The molecule has 4 aromatic rings. The third kappa shape index (κ3) is 5.48. The number of aromatic amines is 1. The van der Waals surface area contributed by atoms with Crippen LogP contribution in [0, 0.1) is 0 Å². The maximum absolute atomic E-state index is 9.80. The Kier molecular flexibility index (Phi) is 7.11. The van der Waals surface area contributed by atoms with E-state index in [9.17, 15) is 5.11 Å². The standard InChI is InChI=1S/C26H29N7O3/c1-35-23-15-18(9-10-22(23)34)11-14-36-26-30-24(29-25(31-26)33-12-5-2-6-13-33)32-28-17-19-16-27-21-8-4-3-7-20(19)21/h3-4,7-10,15-17,27,34H,2,5-6,11-14H2,1H3,(H,29,30,31,32)/b28-17+. The van der Waals surface area contributed by atoms with E-state index >= 15 is 0 Å². The molecule has 10 nitrogen and oxygen atoms in total. The van der Waals surface area contributed by atoms with Gasteiger partial charge in [0.15, 0.2) is 11.5 Å². The van der Waals surface area contributed by atoms with Gasteiger partial charge in [-0.1, -0.05) is 24.3 Å². The second kappa shape index (κ2) is 10.9. The van der Waals surface area contributed by atoms with Crippen molar-refractivity contribution in [1.82, 2.24) is 19.9 Å². The molecule has 5 rings (SSSR count). The van der Waals surface area contributed by atoms with Crippen molar-refractivity contribution in [2.45, 2.75) is 25.7 Å². The van der Waals surface area contributed by atoms with E-state index in [0.29, 0.717) is 30.7 Å². The number of fused-ring (bicyclic) bond motifs is 1. The van der Waals surface area contributed by atoms with Gasteiger partial charge in [-0.2, -0.15) is 20.1 Å². The molecule has 0 radical (unpaired) electrons. The number of phenolic OH excluding ortho intramolecular Hbond substituents is 1. The normalized spacial score (nSPS) is 13.9. The molecule has 186 valence electrons. The van der Waals surface area contributed by atoms with E-state index in [4.69, 9.17) is 9.47 Å². The highest BCUT2D eigenvalue weighted by atomic mass is 16.5. The average molecular weight is 488 g/mol. The summed E-state index contributed by atoms with van der Waals surface area (Å²) in [5.41, 5.74) is 5.92. The van der Waals surface area contributed by atoms with Crippen molar-refractivity contribution in [3.63, 3.8) is 0 Å². The first-order valence-electron chi connectivity index (χ1n) is 12.0. The van der Waals surface area contributed by atoms with Gasteiger partial charge < -0.3 is 24.5 Å². The smallest absolute Gasteiger partial charge is 0.323 e. The zero-order valence-corrected chi connectivity index (χ0v) is 20.1. The SMILES string of the molecule is COc1cc(CCOc2nc(N/N=C/c3c[nH]c4ccccc34)nc(N3CCCCC3)n2)ccc1O. The van der Waals surface area contributed by atoms with Gasteiger partial charge in [0.25, 0.3) is 5.95 Å². The summed E-state index contributed by atoms with van der Waals surface area (Å²) < 4.78 is 11.1. The van der Waals surface area contributed by atoms with Crippen LogP contribution in [0.2, 0.25) is 0 Å². The quantitative estimate of drug-likeness (QED) is 0.238. The van der Waals surface area contributed by atoms with Crippen LogP contribution in [-0.4, -0.2) is 58.1 Å². The first kappa shape index (κ1) is 23.4. The Balaban J connectivity index is 1.30. The monoisotopic (exact) mass is 487 g/mol. The fourth-order valence-electron chi connectivity index (χ4n) is 4.19. The Labute approximate surface area is 209 Å². The minimum absolute atomic E-state index is 0.106. The van der Waals surface area contributed by atoms with E-state index in [1.54, 1.807) is 18.3 Å². The van der Waals surface area contributed by atoms with Crippen LogP contribution in [-0.2, 0) is 6.42 Å². The third-order valence-corrected chi connectivity index (χ3v) is 6.10. The number of nitrogens with zero attached hydrogens (tertiary/aromatic N) is 5. The van der Waals surface area contributed by atoms with Crippen molar-refractivity contribution in [2.75, 3.05) is 37.1 Å². The number of H-pyrrole nitrogens is 1. The molecule has 3 N–H and O–H groups in total. The molecule has 1 aliphatic heterocycles. The number of benzene rings is 2. The van der Waals surface area contributed by atoms with Gasteiger partial charge in [-0.3, -0.25) is 0 Å². The van der Waals surface area contributed by atoms with Crippen LogP contribution in [0.4, 0.5) is 11.9 Å². The fraction of sp³-hybridized carbons (Fsp3) is 0.308. The van der Waals surface area contributed by atoms with Gasteiger partial charge in [0.05, 0.1) is 19.9 Å². The number of methoxy groups -OCH3 is 1. The van der Waals surface area contributed by atoms with E-state index in [1.165, 1.54) is 13.5 Å². The lowest BCUT2D eigenvalue weighted by molar-refractivity contribution is 0.295. The Bertz CT molecular complexity index is 1350. The average Bonchev–Trinajstić information content (AvgIpc) is 3.33. The minimum atomic E-state index is 0.106. The van der Waals surface area contributed by atoms with Crippen molar-refractivity contribution in [2.24, 2.45) is 5.10 Å². The highest BCUT2D eigenvalue weighted by Crippen LogP contribution is 2.26. The van der Waals surface area contributed by atoms with Crippen LogP contribution in [0.15, 0.2) is 53.8 Å². The Morgan fingerprint density at radius 3 is 2.83 bits per heavy atom. The second-order valence-electron chi connectivity index (χ2n) is 8.55. The van der Waals surface area contributed by atoms with E-state index < -0.39 is 0 Å². The van der Waals surface area contributed by atoms with Gasteiger partial charge in [-0.05, 0) is 43.0 Å². The molecule has 0 saturated carbocycles. The Morgan fingerprint density at radius 1 is 1.11 bits per heavy atom. The molecule has 0 unspecified atom stereocenters. The number of nitrogens with one attached hydrogen (secondary N) is 2. The Hall–Kier alpha value is -4.34. The molecule has 1 aliphatic rings. The number of aromatic hydroxyl groups is 1. The van der Waals surface area contributed by atoms with E-state index in [1.807, 2.05) is 36.5 Å². The second-order valence-corrected chi connectivity index (χ2v) is 8.55. The van der Waals surface area contributed by atoms with Gasteiger partial charge in [0.2, 0.25) is 5.95 Å². The first-order chi connectivity index (χ1) is 17.7. The molecule has 0 amide bonds. The van der Waals surface area contributed by atoms with Crippen molar-refractivity contribution in [1.29, 1.82) is 0 Å². The molecule has 36 heavy (non-hydrogen) atoms. The van der Waals surface area contributed by atoms with E-state index in [-0.39, 0.29) is 11.8 Å². The number of anilines is 2. The maximum Gasteiger partial charge on any atom is 0.323 e. The molecule has 1 saturated heterocycles. The summed E-state index contributed by atoms with van der Waals surface area (Å²) >= 11 is 0. The molecule has 3 heterocycles. The predicted molar refractivity (Wildman–Crippen MR) is 139 cm³/mol. The zero-order chi connectivity index (χ0) is 24.7. The lowest BCUT2D eigenvalue weighted by Gasteiger charge is -2.26. The summed E-state index contributed by atoms with van der Waals surface area (Å²) in [6, 6.07) is 13.5. The molecular weight excluding hydrogens is 458 g/mol. The van der Waals surface area contributed by atoms with Crippen molar-refractivity contribution in [3.8, 4) is 17.5 Å². The number of hydrazone groups is 1. The van der Waals surface area contributed by atoms with Crippen LogP contribution < -0.4 is 19.8 Å². The van der Waals surface area contributed by atoms with Crippen molar-refractivity contribution in [3.05, 3.63) is 59.8 Å². The largest absolute Gasteiger partial charge is 0.504 e. The molecule has 0 bridgehead atoms. The van der Waals surface area contributed by atoms with Gasteiger partial charge in [0.1, 0.15) is 0 Å². The third-order valence-electron chi connectivity index (χ3n) is 6.10. The summed E-state index contributed by atoms with van der Waals surface area (Å²) in [5, 5.41) is 15.2. The van der Waals surface area contributed by atoms with E-state index in [2.05, 4.69) is 35.4 Å². The summed E-state index contributed by atoms with van der Waals surface area (Å²) in [4.78, 5) is 18.9. The van der Waals surface area contributed by atoms with Crippen LogP contribution >= 0.6 is 0 Å². The van der Waals surface area contributed by atoms with Crippen LogP contribution in [0.3, 0.4) is 0 Å². The first-order valence-corrected chi connectivity index (χ1v) is 12.0. The van der Waals surface area contributed by atoms with Crippen LogP contribution in [0.25, 0.3) is 10.9 Å². The van der Waals surface area contributed by atoms with E-state index in [0.717, 1.165) is 48.0 Å². The number of hydrogen-bond acceptors (Lipinski definition) is 9. The van der Waals surface area contributed by atoms with Gasteiger partial charge in [0, 0.05) is 42.2 Å². The number of aromatic nitrogens is 4. The lowest BCUT2D eigenvalue weighted by atomic mass is 10.1. The molecule has 0 spiro atoms. The van der Waals surface area contributed by atoms with Gasteiger partial charge in [-0.15, -0.1) is 0 Å². The summed E-state index contributed by atoms with van der Waals surface area (Å²) in [6.45, 7) is 2.15. The number of hydrogen-bond donors (Lipinski definition) is 3. The Morgan fingerprint density at radius 2 is 1.97 bits per heavy atom. The zero-order valence-electron chi connectivity index (χ0n) is 20.1. The molecule has 2 aromatic carbocycles. The van der Waals surface area contributed by atoms with Gasteiger partial charge >= 0.3 is 6.01 Å². The predicted octanol–water partition coefficient (Wildman–Crippen LogP) is 4.12. The maximum atomic E-state index is 9.80. The highest BCUT2D eigenvalue weighted by molar-refractivity contribution is 5.99. The molecule has 2 aromatic heterocycles. The lowest BCUT2D eigenvalue weighted by Crippen LogP contribution is -2.31. The molecule has 0 atom stereocenters. The van der Waals surface area contributed by atoms with Crippen molar-refractivity contribution >= 4 is 29.0 Å². The van der Waals surface area contributed by atoms with Crippen LogP contribution in [0.5, 0.6) is 17.5 Å². The summed E-state index contributed by atoms with van der Waals surface area (Å²) in [6.07, 6.45) is 7.67. The molecule has 0 aliphatic carbocycles. The number of para-hydroxylation sites is 1. The molecule has 10 heteroatoms. The number of phenols is 1. The van der Waals surface area contributed by atoms with Gasteiger partial charge in [-0.25, -0.2) is 5.43 Å². The minimum Gasteiger partial charge on any atom is -0.504 e. The number of ether oxygens (including phenoxy) is 2. The summed E-state index contributed by atoms with van der Waals surface area (Å²) in [7, 11) is 1.53. The van der Waals surface area contributed by atoms with Crippen molar-refractivity contribution < 1.29 is 14.6 Å². The summed E-state index contributed by atoms with van der Waals surface area (Å²) in [5.74, 6) is 1.44. The number of rotatable bonds is 9. The van der Waals surface area contributed by atoms with Crippen LogP contribution in [0.1, 0.15) is 30.4 Å².